The van der Waals surface area contributed by atoms with E-state index in [-0.39, 0.29) is 11.3 Å². The Balaban J connectivity index is 3.17. The first-order valence-corrected chi connectivity index (χ1v) is 2.78. The highest BCUT2D eigenvalue weighted by atomic mass is 19.1. The molecule has 1 rings (SSSR count). The van der Waals surface area contributed by atoms with Crippen LogP contribution >= 0.6 is 0 Å². The predicted molar refractivity (Wildman–Crippen MR) is 32.9 cm³/mol. The number of halogens is 2. The molecule has 1 nitrogen and oxygen atoms in total. The second-order valence-corrected chi connectivity index (χ2v) is 1.87. The summed E-state index contributed by atoms with van der Waals surface area (Å²) in [6.45, 7) is -0.974. The van der Waals surface area contributed by atoms with Gasteiger partial charge in [-0.1, -0.05) is 6.07 Å². The molecule has 0 aromatic heterocycles. The zero-order valence-electron chi connectivity index (χ0n) is 5.14. The molecule has 54 valence electrons. The highest BCUT2D eigenvalue weighted by Gasteiger charge is 2.04. The summed E-state index contributed by atoms with van der Waals surface area (Å²) < 4.78 is 24.3. The van der Waals surface area contributed by atoms with E-state index in [9.17, 15) is 8.78 Å². The molecule has 0 saturated carbocycles. The monoisotopic (exact) mass is 144 g/mol. The first-order chi connectivity index (χ1) is 4.75. The van der Waals surface area contributed by atoms with Crippen LogP contribution in [0.25, 0.3) is 0 Å². The normalized spacial score (nSPS) is 9.80. The lowest BCUT2D eigenvalue weighted by atomic mass is 10.2. The molecule has 0 aliphatic heterocycles. The third-order valence-electron chi connectivity index (χ3n) is 1.23. The maximum Gasteiger partial charge on any atom is 0.132 e. The summed E-state index contributed by atoms with van der Waals surface area (Å²) in [4.78, 5) is 0. The average Bonchev–Trinajstić information content (AvgIpc) is 1.88. The number of hydrogen-bond donors (Lipinski definition) is 1. The predicted octanol–water partition coefficient (Wildman–Crippen LogP) is 2.00. The van der Waals surface area contributed by atoms with Crippen LogP contribution in [0.2, 0.25) is 0 Å². The van der Waals surface area contributed by atoms with Gasteiger partial charge >= 0.3 is 0 Å². The van der Waals surface area contributed by atoms with Crippen molar-refractivity contribution in [3.63, 3.8) is 0 Å². The summed E-state index contributed by atoms with van der Waals surface area (Å²) in [5, 5.41) is 8.81. The van der Waals surface area contributed by atoms with Gasteiger partial charge in [-0.15, -0.1) is 0 Å². The highest BCUT2D eigenvalue weighted by Crippen LogP contribution is 2.19. The molecule has 0 spiro atoms. The Kier molecular flexibility index (Phi) is 1.85. The van der Waals surface area contributed by atoms with Crippen LogP contribution in [0.15, 0.2) is 18.2 Å². The van der Waals surface area contributed by atoms with Gasteiger partial charge in [0.05, 0.1) is 5.56 Å². The molecule has 0 bridgehead atoms. The largest absolute Gasteiger partial charge is 0.507 e. The summed E-state index contributed by atoms with van der Waals surface area (Å²) in [5.41, 5.74) is -0.275. The lowest BCUT2D eigenvalue weighted by molar-refractivity contribution is 0.416. The second kappa shape index (κ2) is 2.64. The van der Waals surface area contributed by atoms with E-state index in [0.717, 1.165) is 6.07 Å². The van der Waals surface area contributed by atoms with Crippen LogP contribution < -0.4 is 0 Å². The average molecular weight is 144 g/mol. The third kappa shape index (κ3) is 1.07. The van der Waals surface area contributed by atoms with Crippen molar-refractivity contribution in [2.75, 3.05) is 0 Å². The van der Waals surface area contributed by atoms with E-state index < -0.39 is 12.5 Å². The highest BCUT2D eigenvalue weighted by molar-refractivity contribution is 5.32. The standard InChI is InChI=1S/C7H6F2O/c8-4-5-6(9)2-1-3-7(5)10/h1-3,10H,4H2. The fourth-order valence-electron chi connectivity index (χ4n) is 0.680. The third-order valence-corrected chi connectivity index (χ3v) is 1.23. The molecule has 1 aromatic carbocycles. The van der Waals surface area contributed by atoms with E-state index in [1.807, 2.05) is 0 Å². The van der Waals surface area contributed by atoms with Gasteiger partial charge in [-0.3, -0.25) is 0 Å². The van der Waals surface area contributed by atoms with Crippen LogP contribution in [-0.4, -0.2) is 5.11 Å². The van der Waals surface area contributed by atoms with Gasteiger partial charge in [0.25, 0.3) is 0 Å². The van der Waals surface area contributed by atoms with E-state index in [1.54, 1.807) is 0 Å². The Morgan fingerprint density at radius 2 is 2.10 bits per heavy atom. The number of rotatable bonds is 1. The molecule has 0 amide bonds. The summed E-state index contributed by atoms with van der Waals surface area (Å²) in [7, 11) is 0. The maximum atomic E-state index is 12.5. The van der Waals surface area contributed by atoms with E-state index in [1.165, 1.54) is 12.1 Å². The molecular formula is C7H6F2O. The molecule has 0 saturated heterocycles. The van der Waals surface area contributed by atoms with Crippen LogP contribution in [0.5, 0.6) is 5.75 Å². The summed E-state index contributed by atoms with van der Waals surface area (Å²) in [6.07, 6.45) is 0. The van der Waals surface area contributed by atoms with E-state index in [0.29, 0.717) is 0 Å². The SMILES string of the molecule is Oc1cccc(F)c1CF. The quantitative estimate of drug-likeness (QED) is 0.639. The topological polar surface area (TPSA) is 20.2 Å². The minimum absolute atomic E-state index is 0.275. The van der Waals surface area contributed by atoms with Crippen LogP contribution in [0.4, 0.5) is 8.78 Å². The lowest BCUT2D eigenvalue weighted by Crippen LogP contribution is -1.85. The van der Waals surface area contributed by atoms with E-state index in [4.69, 9.17) is 5.11 Å². The lowest BCUT2D eigenvalue weighted by Gasteiger charge is -1.98. The van der Waals surface area contributed by atoms with Crippen molar-refractivity contribution in [2.24, 2.45) is 0 Å². The minimum atomic E-state index is -0.974. The second-order valence-electron chi connectivity index (χ2n) is 1.87. The minimum Gasteiger partial charge on any atom is -0.507 e. The van der Waals surface area contributed by atoms with Gasteiger partial charge in [0.2, 0.25) is 0 Å². The zero-order chi connectivity index (χ0) is 7.56. The van der Waals surface area contributed by atoms with Crippen LogP contribution in [0, 0.1) is 5.82 Å². The summed E-state index contributed by atoms with van der Waals surface area (Å²) >= 11 is 0. The molecule has 1 N–H and O–H groups in total. The molecule has 0 fully saturated rings. The Morgan fingerprint density at radius 3 is 2.50 bits per heavy atom. The van der Waals surface area contributed by atoms with E-state index >= 15 is 0 Å². The van der Waals surface area contributed by atoms with Crippen molar-refractivity contribution in [2.45, 2.75) is 6.67 Å². The molecule has 3 heteroatoms. The van der Waals surface area contributed by atoms with Crippen molar-refractivity contribution in [3.8, 4) is 5.75 Å². The smallest absolute Gasteiger partial charge is 0.132 e. The van der Waals surface area contributed by atoms with Gasteiger partial charge in [0.1, 0.15) is 18.2 Å². The zero-order valence-corrected chi connectivity index (χ0v) is 5.14. The number of aromatic hydroxyl groups is 1. The number of phenolic OH excluding ortho intramolecular Hbond substituents is 1. The van der Waals surface area contributed by atoms with Crippen molar-refractivity contribution in [1.82, 2.24) is 0 Å². The van der Waals surface area contributed by atoms with Gasteiger partial charge in [-0.05, 0) is 12.1 Å². The molecule has 0 aliphatic carbocycles. The first kappa shape index (κ1) is 6.99. The molecule has 0 radical (unpaired) electrons. The summed E-state index contributed by atoms with van der Waals surface area (Å²) in [5.74, 6) is -1.04. The van der Waals surface area contributed by atoms with Gasteiger partial charge in [0.15, 0.2) is 0 Å². The van der Waals surface area contributed by atoms with Crippen LogP contribution in [0.3, 0.4) is 0 Å². The van der Waals surface area contributed by atoms with Crippen LogP contribution in [0.1, 0.15) is 5.56 Å². The number of alkyl halides is 1. The van der Waals surface area contributed by atoms with Crippen molar-refractivity contribution in [3.05, 3.63) is 29.6 Å². The molecule has 10 heavy (non-hydrogen) atoms. The first-order valence-electron chi connectivity index (χ1n) is 2.78. The fourth-order valence-corrected chi connectivity index (χ4v) is 0.680. The van der Waals surface area contributed by atoms with Crippen LogP contribution in [-0.2, 0) is 6.67 Å². The Labute approximate surface area is 56.9 Å². The van der Waals surface area contributed by atoms with E-state index in [2.05, 4.69) is 0 Å². The molecule has 0 atom stereocenters. The molecule has 0 heterocycles. The Morgan fingerprint density at radius 1 is 1.40 bits per heavy atom. The maximum absolute atomic E-state index is 12.5. The van der Waals surface area contributed by atoms with Crippen molar-refractivity contribution in [1.29, 1.82) is 0 Å². The van der Waals surface area contributed by atoms with Crippen molar-refractivity contribution >= 4 is 0 Å². The fraction of sp³-hybridized carbons (Fsp3) is 0.143. The summed E-state index contributed by atoms with van der Waals surface area (Å²) in [6, 6.07) is 3.68. The number of hydrogen-bond acceptors (Lipinski definition) is 1. The van der Waals surface area contributed by atoms with Gasteiger partial charge in [-0.2, -0.15) is 0 Å². The van der Waals surface area contributed by atoms with Crippen molar-refractivity contribution < 1.29 is 13.9 Å². The van der Waals surface area contributed by atoms with Gasteiger partial charge in [0, 0.05) is 0 Å². The molecular weight excluding hydrogens is 138 g/mol. The Hall–Kier alpha value is -1.12. The Bertz CT molecular complexity index is 215. The molecule has 0 unspecified atom stereocenters. The number of benzene rings is 1. The molecule has 0 aliphatic rings. The van der Waals surface area contributed by atoms with Gasteiger partial charge < -0.3 is 5.11 Å². The number of phenols is 1. The van der Waals surface area contributed by atoms with Gasteiger partial charge in [-0.25, -0.2) is 8.78 Å². The molecule has 1 aromatic rings.